The first-order valence-corrected chi connectivity index (χ1v) is 7.22. The van der Waals surface area contributed by atoms with Crippen molar-refractivity contribution >= 4 is 11.8 Å². The van der Waals surface area contributed by atoms with E-state index in [1.807, 2.05) is 7.05 Å². The quantitative estimate of drug-likeness (QED) is 0.620. The van der Waals surface area contributed by atoms with Crippen LogP contribution in [0.4, 0.5) is 0 Å². The lowest BCUT2D eigenvalue weighted by atomic mass is 10.3. The van der Waals surface area contributed by atoms with Crippen molar-refractivity contribution in [2.24, 2.45) is 0 Å². The molecule has 7 heteroatoms. The second kappa shape index (κ2) is 7.56. The van der Waals surface area contributed by atoms with E-state index in [1.54, 1.807) is 4.90 Å². The minimum Gasteiger partial charge on any atom is -0.379 e. The highest BCUT2D eigenvalue weighted by Crippen LogP contribution is 2.00. The molecular weight excluding hydrogens is 260 g/mol. The molecule has 2 fully saturated rings. The molecule has 0 radical (unpaired) electrons. The van der Waals surface area contributed by atoms with Crippen LogP contribution in [0, 0.1) is 0 Å². The summed E-state index contributed by atoms with van der Waals surface area (Å²) in [5.74, 6) is -0.886. The highest BCUT2D eigenvalue weighted by Gasteiger charge is 2.24. The van der Waals surface area contributed by atoms with Gasteiger partial charge in [-0.15, -0.1) is 0 Å². The zero-order chi connectivity index (χ0) is 14.4. The van der Waals surface area contributed by atoms with Crippen LogP contribution < -0.4 is 5.32 Å². The van der Waals surface area contributed by atoms with Gasteiger partial charge in [0.05, 0.1) is 13.2 Å². The van der Waals surface area contributed by atoms with Gasteiger partial charge in [0, 0.05) is 52.4 Å². The number of rotatable bonds is 3. The molecule has 0 aromatic heterocycles. The van der Waals surface area contributed by atoms with Gasteiger partial charge in [0.1, 0.15) is 0 Å². The number of carbonyl (C=O) groups excluding carboxylic acids is 2. The Morgan fingerprint density at radius 3 is 2.35 bits per heavy atom. The molecule has 7 nitrogen and oxygen atoms in total. The van der Waals surface area contributed by atoms with E-state index in [4.69, 9.17) is 4.74 Å². The maximum Gasteiger partial charge on any atom is 0.311 e. The highest BCUT2D eigenvalue weighted by molar-refractivity contribution is 6.35. The predicted octanol–water partition coefficient (Wildman–Crippen LogP) is -1.79. The second-order valence-electron chi connectivity index (χ2n) is 5.31. The van der Waals surface area contributed by atoms with Crippen molar-refractivity contribution < 1.29 is 14.3 Å². The van der Waals surface area contributed by atoms with Gasteiger partial charge in [-0.05, 0) is 7.05 Å². The van der Waals surface area contributed by atoms with Crippen LogP contribution >= 0.6 is 0 Å². The van der Waals surface area contributed by atoms with E-state index in [9.17, 15) is 9.59 Å². The van der Waals surface area contributed by atoms with Crippen molar-refractivity contribution in [1.29, 1.82) is 0 Å². The van der Waals surface area contributed by atoms with Crippen LogP contribution in [0.1, 0.15) is 0 Å². The minimum atomic E-state index is -0.484. The van der Waals surface area contributed by atoms with E-state index in [-0.39, 0.29) is 0 Å². The third-order valence-electron chi connectivity index (χ3n) is 3.80. The number of likely N-dealkylation sites (N-methyl/N-ethyl adjacent to an activating group) is 1. The summed E-state index contributed by atoms with van der Waals surface area (Å²) in [5, 5.41) is 2.71. The molecule has 0 saturated carbocycles. The molecule has 2 aliphatic rings. The largest absolute Gasteiger partial charge is 0.379 e. The number of nitrogens with zero attached hydrogens (tertiary/aromatic N) is 3. The first-order chi connectivity index (χ1) is 9.66. The van der Waals surface area contributed by atoms with Gasteiger partial charge in [-0.25, -0.2) is 0 Å². The fourth-order valence-corrected chi connectivity index (χ4v) is 2.38. The van der Waals surface area contributed by atoms with E-state index in [1.165, 1.54) is 0 Å². The van der Waals surface area contributed by atoms with Gasteiger partial charge >= 0.3 is 11.8 Å². The normalized spacial score (nSPS) is 21.8. The summed E-state index contributed by atoms with van der Waals surface area (Å²) >= 11 is 0. The lowest BCUT2D eigenvalue weighted by molar-refractivity contribution is -0.146. The topological polar surface area (TPSA) is 65.1 Å². The van der Waals surface area contributed by atoms with Gasteiger partial charge in [-0.2, -0.15) is 0 Å². The first-order valence-electron chi connectivity index (χ1n) is 7.22. The molecule has 0 spiro atoms. The van der Waals surface area contributed by atoms with E-state index in [0.29, 0.717) is 19.6 Å². The Balaban J connectivity index is 1.64. The Morgan fingerprint density at radius 1 is 1.05 bits per heavy atom. The van der Waals surface area contributed by atoms with Gasteiger partial charge in [0.15, 0.2) is 0 Å². The van der Waals surface area contributed by atoms with Gasteiger partial charge in [0.25, 0.3) is 0 Å². The van der Waals surface area contributed by atoms with Crippen LogP contribution in [-0.4, -0.2) is 99.1 Å². The fourth-order valence-electron chi connectivity index (χ4n) is 2.38. The summed E-state index contributed by atoms with van der Waals surface area (Å²) in [4.78, 5) is 29.8. The Kier molecular flexibility index (Phi) is 5.75. The number of amides is 2. The number of ether oxygens (including phenoxy) is 1. The molecule has 20 heavy (non-hydrogen) atoms. The van der Waals surface area contributed by atoms with Crippen LogP contribution in [0.5, 0.6) is 0 Å². The summed E-state index contributed by atoms with van der Waals surface area (Å²) < 4.78 is 5.26. The van der Waals surface area contributed by atoms with Gasteiger partial charge in [-0.3, -0.25) is 14.5 Å². The van der Waals surface area contributed by atoms with Crippen LogP contribution in [-0.2, 0) is 14.3 Å². The van der Waals surface area contributed by atoms with E-state index >= 15 is 0 Å². The molecule has 0 aliphatic carbocycles. The summed E-state index contributed by atoms with van der Waals surface area (Å²) in [6, 6.07) is 0. The lowest BCUT2D eigenvalue weighted by Crippen LogP contribution is -2.52. The van der Waals surface area contributed by atoms with Crippen molar-refractivity contribution in [3.8, 4) is 0 Å². The maximum atomic E-state index is 11.9. The smallest absolute Gasteiger partial charge is 0.311 e. The number of morpholine rings is 1. The zero-order valence-electron chi connectivity index (χ0n) is 12.1. The maximum absolute atomic E-state index is 11.9. The molecule has 2 amide bonds. The summed E-state index contributed by atoms with van der Waals surface area (Å²) in [6.45, 7) is 7.47. The molecular formula is C13H24N4O3. The SMILES string of the molecule is CN1CCN(C(=O)C(=O)NCCN2CCOCC2)CC1. The molecule has 0 aromatic carbocycles. The molecule has 0 unspecified atom stereocenters. The number of hydrogen-bond acceptors (Lipinski definition) is 5. The molecule has 2 saturated heterocycles. The highest BCUT2D eigenvalue weighted by atomic mass is 16.5. The van der Waals surface area contributed by atoms with Crippen LogP contribution in [0.3, 0.4) is 0 Å². The Morgan fingerprint density at radius 2 is 1.70 bits per heavy atom. The average molecular weight is 284 g/mol. The fraction of sp³-hybridized carbons (Fsp3) is 0.846. The molecule has 2 aliphatic heterocycles. The molecule has 114 valence electrons. The third-order valence-corrected chi connectivity index (χ3v) is 3.80. The third kappa shape index (κ3) is 4.43. The molecule has 0 atom stereocenters. The molecule has 2 heterocycles. The van der Waals surface area contributed by atoms with Crippen LogP contribution in [0.15, 0.2) is 0 Å². The minimum absolute atomic E-state index is 0.403. The number of piperazine rings is 1. The predicted molar refractivity (Wildman–Crippen MR) is 74.3 cm³/mol. The number of hydrogen-bond donors (Lipinski definition) is 1. The van der Waals surface area contributed by atoms with Crippen molar-refractivity contribution in [2.75, 3.05) is 72.6 Å². The molecule has 0 bridgehead atoms. The van der Waals surface area contributed by atoms with Gasteiger partial charge in [0.2, 0.25) is 0 Å². The Hall–Kier alpha value is -1.18. The summed E-state index contributed by atoms with van der Waals surface area (Å²) in [7, 11) is 2.02. The summed E-state index contributed by atoms with van der Waals surface area (Å²) in [5.41, 5.74) is 0. The van der Waals surface area contributed by atoms with Crippen molar-refractivity contribution in [3.63, 3.8) is 0 Å². The van der Waals surface area contributed by atoms with E-state index < -0.39 is 11.8 Å². The zero-order valence-corrected chi connectivity index (χ0v) is 12.1. The van der Waals surface area contributed by atoms with Gasteiger partial charge in [-0.1, -0.05) is 0 Å². The lowest BCUT2D eigenvalue weighted by Gasteiger charge is -2.32. The van der Waals surface area contributed by atoms with Gasteiger partial charge < -0.3 is 19.9 Å². The molecule has 0 aromatic rings. The monoisotopic (exact) mass is 284 g/mol. The Bertz CT molecular complexity index is 337. The first kappa shape index (κ1) is 15.2. The van der Waals surface area contributed by atoms with Crippen LogP contribution in [0.25, 0.3) is 0 Å². The Labute approximate surface area is 119 Å². The van der Waals surface area contributed by atoms with Crippen molar-refractivity contribution in [2.45, 2.75) is 0 Å². The van der Waals surface area contributed by atoms with Crippen molar-refractivity contribution in [1.82, 2.24) is 20.0 Å². The second-order valence-corrected chi connectivity index (χ2v) is 5.31. The van der Waals surface area contributed by atoms with E-state index in [0.717, 1.165) is 45.9 Å². The standard InChI is InChI=1S/C13H24N4O3/c1-15-4-6-17(7-5-15)13(19)12(18)14-2-3-16-8-10-20-11-9-16/h2-11H2,1H3,(H,14,18). The number of carbonyl (C=O) groups is 2. The molecule has 2 rings (SSSR count). The summed E-state index contributed by atoms with van der Waals surface area (Å²) in [6.07, 6.45) is 0. The number of nitrogens with one attached hydrogen (secondary N) is 1. The van der Waals surface area contributed by atoms with Crippen molar-refractivity contribution in [3.05, 3.63) is 0 Å². The molecule has 1 N–H and O–H groups in total. The van der Waals surface area contributed by atoms with E-state index in [2.05, 4.69) is 15.1 Å². The average Bonchev–Trinajstić information content (AvgIpc) is 2.48. The van der Waals surface area contributed by atoms with Crippen LogP contribution in [0.2, 0.25) is 0 Å².